The van der Waals surface area contributed by atoms with Gasteiger partial charge in [0.05, 0.1) is 0 Å². The summed E-state index contributed by atoms with van der Waals surface area (Å²) in [4.78, 5) is 17.8. The molecule has 96 valence electrons. The second kappa shape index (κ2) is 4.71. The second-order valence-electron chi connectivity index (χ2n) is 5.62. The Labute approximate surface area is 108 Å². The zero-order valence-corrected chi connectivity index (χ0v) is 10.9. The quantitative estimate of drug-likeness (QED) is 0.750. The van der Waals surface area contributed by atoms with Crippen molar-refractivity contribution >= 4 is 12.1 Å². The van der Waals surface area contributed by atoms with Gasteiger partial charge in [0.25, 0.3) is 0 Å². The molecule has 1 aliphatic heterocycles. The maximum atomic E-state index is 10.8. The molecule has 0 bridgehead atoms. The summed E-state index contributed by atoms with van der Waals surface area (Å²) in [7, 11) is 0. The van der Waals surface area contributed by atoms with Crippen LogP contribution in [0, 0.1) is 12.8 Å². The van der Waals surface area contributed by atoms with E-state index < -0.39 is 0 Å². The van der Waals surface area contributed by atoms with Crippen molar-refractivity contribution in [3.8, 4) is 0 Å². The van der Waals surface area contributed by atoms with Crippen LogP contribution >= 0.6 is 0 Å². The van der Waals surface area contributed by atoms with Crippen LogP contribution in [0.15, 0.2) is 12.3 Å². The van der Waals surface area contributed by atoms with Crippen LogP contribution < -0.4 is 4.90 Å². The number of aryl methyl sites for hydroxylation is 1. The van der Waals surface area contributed by atoms with Crippen LogP contribution in [0.3, 0.4) is 0 Å². The summed E-state index contributed by atoms with van der Waals surface area (Å²) >= 11 is 0. The topological polar surface area (TPSA) is 33.2 Å². The number of aromatic nitrogens is 1. The average Bonchev–Trinajstić information content (AvgIpc) is 2.87. The van der Waals surface area contributed by atoms with Crippen LogP contribution in [0.2, 0.25) is 0 Å². The van der Waals surface area contributed by atoms with Gasteiger partial charge in [0, 0.05) is 24.3 Å². The Morgan fingerprint density at radius 2 is 2.17 bits per heavy atom. The van der Waals surface area contributed by atoms with E-state index in [2.05, 4.69) is 16.8 Å². The lowest BCUT2D eigenvalue weighted by Crippen LogP contribution is -2.43. The molecule has 3 heteroatoms. The van der Waals surface area contributed by atoms with Gasteiger partial charge in [-0.25, -0.2) is 4.98 Å². The maximum absolute atomic E-state index is 10.8. The van der Waals surface area contributed by atoms with Crippen molar-refractivity contribution < 1.29 is 4.79 Å². The number of anilines is 1. The van der Waals surface area contributed by atoms with E-state index in [0.29, 0.717) is 11.6 Å². The molecule has 2 atom stereocenters. The third-order valence-corrected chi connectivity index (χ3v) is 4.47. The fourth-order valence-corrected chi connectivity index (χ4v) is 3.67. The van der Waals surface area contributed by atoms with Gasteiger partial charge in [-0.15, -0.1) is 0 Å². The van der Waals surface area contributed by atoms with E-state index in [9.17, 15) is 4.79 Å². The second-order valence-corrected chi connectivity index (χ2v) is 5.62. The predicted molar refractivity (Wildman–Crippen MR) is 72.1 cm³/mol. The largest absolute Gasteiger partial charge is 0.353 e. The van der Waals surface area contributed by atoms with Crippen molar-refractivity contribution in [1.82, 2.24) is 4.98 Å². The molecule has 2 fully saturated rings. The lowest BCUT2D eigenvalue weighted by molar-refractivity contribution is 0.112. The third kappa shape index (κ3) is 1.92. The van der Waals surface area contributed by atoms with Gasteiger partial charge in [-0.3, -0.25) is 4.79 Å². The van der Waals surface area contributed by atoms with E-state index in [-0.39, 0.29) is 0 Å². The van der Waals surface area contributed by atoms with Crippen LogP contribution in [-0.4, -0.2) is 23.9 Å². The number of hydrogen-bond donors (Lipinski definition) is 0. The van der Waals surface area contributed by atoms with E-state index in [1.807, 2.05) is 6.07 Å². The Morgan fingerprint density at radius 1 is 1.33 bits per heavy atom. The number of rotatable bonds is 2. The summed E-state index contributed by atoms with van der Waals surface area (Å²) in [6.45, 7) is 3.18. The minimum absolute atomic E-state index is 0.677. The lowest BCUT2D eigenvalue weighted by atomic mass is 9.91. The van der Waals surface area contributed by atoms with Crippen molar-refractivity contribution in [2.75, 3.05) is 11.4 Å². The van der Waals surface area contributed by atoms with Crippen molar-refractivity contribution in [3.63, 3.8) is 0 Å². The Morgan fingerprint density at radius 3 is 2.94 bits per heavy atom. The molecule has 1 aromatic rings. The highest BCUT2D eigenvalue weighted by molar-refractivity contribution is 5.75. The van der Waals surface area contributed by atoms with Gasteiger partial charge in [-0.05, 0) is 50.2 Å². The molecular formula is C15H20N2O. The molecule has 1 saturated carbocycles. The number of carbonyl (C=O) groups excluding carboxylic acids is 1. The van der Waals surface area contributed by atoms with Crippen LogP contribution in [-0.2, 0) is 0 Å². The van der Waals surface area contributed by atoms with Crippen LogP contribution in [0.4, 0.5) is 5.82 Å². The standard InChI is InChI=1S/C15H20N2O/c1-11-8-12(10-18)9-16-15(11)17-7-3-5-13-4-2-6-14(13)17/h8-10,13-14H,2-7H2,1H3. The molecule has 3 rings (SSSR count). The minimum Gasteiger partial charge on any atom is -0.353 e. The Kier molecular flexibility index (Phi) is 3.06. The molecule has 18 heavy (non-hydrogen) atoms. The Bertz CT molecular complexity index is 458. The molecule has 2 heterocycles. The number of nitrogens with zero attached hydrogens (tertiary/aromatic N) is 2. The van der Waals surface area contributed by atoms with E-state index >= 15 is 0 Å². The summed E-state index contributed by atoms with van der Waals surface area (Å²) < 4.78 is 0. The normalized spacial score (nSPS) is 27.1. The SMILES string of the molecule is Cc1cc(C=O)cnc1N1CCCC2CCCC21. The number of piperidine rings is 1. The molecule has 0 spiro atoms. The Hall–Kier alpha value is -1.38. The van der Waals surface area contributed by atoms with Gasteiger partial charge in [0.1, 0.15) is 5.82 Å². The summed E-state index contributed by atoms with van der Waals surface area (Å²) in [5, 5.41) is 0. The van der Waals surface area contributed by atoms with E-state index in [1.165, 1.54) is 32.1 Å². The van der Waals surface area contributed by atoms with Gasteiger partial charge >= 0.3 is 0 Å². The van der Waals surface area contributed by atoms with E-state index in [0.717, 1.165) is 30.1 Å². The van der Waals surface area contributed by atoms with Crippen LogP contribution in [0.1, 0.15) is 48.0 Å². The van der Waals surface area contributed by atoms with Crippen LogP contribution in [0.25, 0.3) is 0 Å². The number of fused-ring (bicyclic) bond motifs is 1. The molecule has 3 nitrogen and oxygen atoms in total. The third-order valence-electron chi connectivity index (χ3n) is 4.47. The molecule has 2 aliphatic rings. The summed E-state index contributed by atoms with van der Waals surface area (Å²) in [6.07, 6.45) is 9.28. The molecule has 1 aliphatic carbocycles. The lowest BCUT2D eigenvalue weighted by Gasteiger charge is -2.39. The highest BCUT2D eigenvalue weighted by atomic mass is 16.1. The van der Waals surface area contributed by atoms with E-state index in [4.69, 9.17) is 0 Å². The number of pyridine rings is 1. The van der Waals surface area contributed by atoms with Gasteiger partial charge in [-0.1, -0.05) is 6.42 Å². The molecule has 0 N–H and O–H groups in total. The minimum atomic E-state index is 0.677. The maximum Gasteiger partial charge on any atom is 0.151 e. The van der Waals surface area contributed by atoms with Crippen molar-refractivity contribution in [2.45, 2.75) is 45.1 Å². The van der Waals surface area contributed by atoms with Crippen molar-refractivity contribution in [1.29, 1.82) is 0 Å². The summed E-state index contributed by atoms with van der Waals surface area (Å²) in [5.74, 6) is 1.96. The molecule has 2 unspecified atom stereocenters. The molecule has 1 aromatic heterocycles. The Balaban J connectivity index is 1.91. The van der Waals surface area contributed by atoms with Gasteiger partial charge < -0.3 is 4.90 Å². The first-order valence-electron chi connectivity index (χ1n) is 6.98. The highest BCUT2D eigenvalue weighted by Gasteiger charge is 2.35. The van der Waals surface area contributed by atoms with E-state index in [1.54, 1.807) is 6.20 Å². The fraction of sp³-hybridized carbons (Fsp3) is 0.600. The van der Waals surface area contributed by atoms with Gasteiger partial charge in [0.15, 0.2) is 6.29 Å². The average molecular weight is 244 g/mol. The molecular weight excluding hydrogens is 224 g/mol. The first kappa shape index (κ1) is 11.7. The van der Waals surface area contributed by atoms with Crippen molar-refractivity contribution in [2.24, 2.45) is 5.92 Å². The van der Waals surface area contributed by atoms with Crippen LogP contribution in [0.5, 0.6) is 0 Å². The zero-order chi connectivity index (χ0) is 12.5. The molecule has 0 aromatic carbocycles. The van der Waals surface area contributed by atoms with Gasteiger partial charge in [0.2, 0.25) is 0 Å². The molecule has 0 radical (unpaired) electrons. The zero-order valence-electron chi connectivity index (χ0n) is 10.9. The molecule has 1 saturated heterocycles. The van der Waals surface area contributed by atoms with Crippen molar-refractivity contribution in [3.05, 3.63) is 23.4 Å². The fourth-order valence-electron chi connectivity index (χ4n) is 3.67. The number of hydrogen-bond acceptors (Lipinski definition) is 3. The first-order chi connectivity index (χ1) is 8.79. The number of aldehydes is 1. The van der Waals surface area contributed by atoms with Gasteiger partial charge in [-0.2, -0.15) is 0 Å². The highest BCUT2D eigenvalue weighted by Crippen LogP contribution is 2.39. The summed E-state index contributed by atoms with van der Waals surface area (Å²) in [6, 6.07) is 2.64. The predicted octanol–water partition coefficient (Wildman–Crippen LogP) is 2.97. The summed E-state index contributed by atoms with van der Waals surface area (Å²) in [5.41, 5.74) is 1.81. The monoisotopic (exact) mass is 244 g/mol. The first-order valence-corrected chi connectivity index (χ1v) is 6.98. The smallest absolute Gasteiger partial charge is 0.151 e. The molecule has 0 amide bonds. The number of carbonyl (C=O) groups is 1.